The zero-order chi connectivity index (χ0) is 12.5. The topological polar surface area (TPSA) is 0 Å². The molecule has 2 bridgehead atoms. The highest BCUT2D eigenvalue weighted by atomic mass is 35.5. The monoisotopic (exact) mass is 262 g/mol. The smallest absolute Gasteiger partial charge is 0.0588 e. The Labute approximate surface area is 116 Å². The average Bonchev–Trinajstić information content (AvgIpc) is 3.01. The van der Waals surface area contributed by atoms with E-state index in [-0.39, 0.29) is 5.38 Å². The van der Waals surface area contributed by atoms with Gasteiger partial charge >= 0.3 is 0 Å². The maximum absolute atomic E-state index is 6.62. The first-order valence-electron chi connectivity index (χ1n) is 7.49. The van der Waals surface area contributed by atoms with Crippen LogP contribution < -0.4 is 0 Å². The van der Waals surface area contributed by atoms with E-state index >= 15 is 0 Å². The highest BCUT2D eigenvalue weighted by Gasteiger charge is 2.39. The molecule has 2 saturated carbocycles. The van der Waals surface area contributed by atoms with Gasteiger partial charge in [0, 0.05) is 0 Å². The molecule has 0 heterocycles. The first-order chi connectivity index (χ1) is 8.76. The van der Waals surface area contributed by atoms with Crippen molar-refractivity contribution in [3.05, 3.63) is 35.4 Å². The summed E-state index contributed by atoms with van der Waals surface area (Å²) in [6.45, 7) is 2.20. The van der Waals surface area contributed by atoms with E-state index in [1.807, 2.05) is 0 Å². The van der Waals surface area contributed by atoms with Gasteiger partial charge in [-0.2, -0.15) is 0 Å². The minimum absolute atomic E-state index is 0.222. The summed E-state index contributed by atoms with van der Waals surface area (Å²) >= 11 is 6.62. The molecule has 0 N–H and O–H groups in total. The molecule has 1 heteroatoms. The lowest BCUT2D eigenvalue weighted by Crippen LogP contribution is -2.12. The number of aryl methyl sites for hydroxylation is 1. The van der Waals surface area contributed by atoms with Gasteiger partial charge in [-0.25, -0.2) is 0 Å². The van der Waals surface area contributed by atoms with E-state index < -0.39 is 0 Å². The summed E-state index contributed by atoms with van der Waals surface area (Å²) in [5.74, 6) is 2.93. The lowest BCUT2D eigenvalue weighted by atomic mass is 9.84. The van der Waals surface area contributed by atoms with E-state index in [4.69, 9.17) is 11.6 Å². The normalized spacial score (nSPS) is 31.8. The third kappa shape index (κ3) is 2.45. The van der Waals surface area contributed by atoms with E-state index in [1.165, 1.54) is 43.2 Å². The van der Waals surface area contributed by atoms with Crippen LogP contribution in [0.15, 0.2) is 24.3 Å². The summed E-state index contributed by atoms with van der Waals surface area (Å²) in [5, 5.41) is 0.222. The number of fused-ring (bicyclic) bond motifs is 2. The van der Waals surface area contributed by atoms with Crippen molar-refractivity contribution in [2.45, 2.75) is 50.8 Å². The van der Waals surface area contributed by atoms with Crippen molar-refractivity contribution in [1.29, 1.82) is 0 Å². The molecule has 4 atom stereocenters. The number of alkyl halides is 1. The van der Waals surface area contributed by atoms with Crippen LogP contribution in [0.4, 0.5) is 0 Å². The zero-order valence-electron chi connectivity index (χ0n) is 11.2. The van der Waals surface area contributed by atoms with Gasteiger partial charge in [-0.3, -0.25) is 0 Å². The van der Waals surface area contributed by atoms with Crippen molar-refractivity contribution in [1.82, 2.24) is 0 Å². The van der Waals surface area contributed by atoms with Crippen molar-refractivity contribution in [3.63, 3.8) is 0 Å². The second kappa shape index (κ2) is 5.25. The Hall–Kier alpha value is -0.490. The molecule has 2 fully saturated rings. The van der Waals surface area contributed by atoms with Gasteiger partial charge in [-0.15, -0.1) is 11.6 Å². The Kier molecular flexibility index (Phi) is 3.66. The summed E-state index contributed by atoms with van der Waals surface area (Å²) in [6, 6.07) is 8.91. The Morgan fingerprint density at radius 2 is 1.94 bits per heavy atom. The SMILES string of the molecule is CCc1ccc(C(Cl)CC2CC3CCC2C3)cc1. The summed E-state index contributed by atoms with van der Waals surface area (Å²) in [7, 11) is 0. The number of hydrogen-bond acceptors (Lipinski definition) is 0. The maximum atomic E-state index is 6.62. The van der Waals surface area contributed by atoms with Crippen molar-refractivity contribution < 1.29 is 0 Å². The van der Waals surface area contributed by atoms with Gasteiger partial charge in [-0.1, -0.05) is 37.6 Å². The molecule has 0 aromatic heterocycles. The van der Waals surface area contributed by atoms with Gasteiger partial charge in [-0.05, 0) is 61.0 Å². The minimum atomic E-state index is 0.222. The molecule has 1 aromatic rings. The van der Waals surface area contributed by atoms with Crippen molar-refractivity contribution >= 4 is 11.6 Å². The highest BCUT2D eigenvalue weighted by molar-refractivity contribution is 6.20. The van der Waals surface area contributed by atoms with E-state index in [9.17, 15) is 0 Å². The van der Waals surface area contributed by atoms with Crippen molar-refractivity contribution in [2.24, 2.45) is 17.8 Å². The predicted octanol–water partition coefficient (Wildman–Crippen LogP) is 5.36. The van der Waals surface area contributed by atoms with Crippen LogP contribution in [0.2, 0.25) is 0 Å². The summed E-state index contributed by atoms with van der Waals surface area (Å²) in [6.07, 6.45) is 8.19. The van der Waals surface area contributed by atoms with Crippen LogP contribution in [-0.2, 0) is 6.42 Å². The third-order valence-electron chi connectivity index (χ3n) is 5.14. The second-order valence-corrected chi connectivity index (χ2v) is 6.76. The van der Waals surface area contributed by atoms with Crippen LogP contribution in [0.1, 0.15) is 55.5 Å². The molecule has 0 saturated heterocycles. The minimum Gasteiger partial charge on any atom is -0.118 e. The molecule has 0 aliphatic heterocycles. The molecule has 3 rings (SSSR count). The molecule has 98 valence electrons. The van der Waals surface area contributed by atoms with Crippen LogP contribution in [0.3, 0.4) is 0 Å². The number of rotatable bonds is 4. The van der Waals surface area contributed by atoms with E-state index in [2.05, 4.69) is 31.2 Å². The fourth-order valence-corrected chi connectivity index (χ4v) is 4.40. The van der Waals surface area contributed by atoms with Gasteiger partial charge in [0.05, 0.1) is 5.38 Å². The summed E-state index contributed by atoms with van der Waals surface area (Å²) in [4.78, 5) is 0. The van der Waals surface area contributed by atoms with Gasteiger partial charge in [0.1, 0.15) is 0 Å². The lowest BCUT2D eigenvalue weighted by Gasteiger charge is -2.24. The third-order valence-corrected chi connectivity index (χ3v) is 5.57. The predicted molar refractivity (Wildman–Crippen MR) is 78.0 cm³/mol. The standard InChI is InChI=1S/C17H23Cl/c1-2-12-3-6-14(7-4-12)17(18)11-16-10-13-5-8-15(16)9-13/h3-4,6-7,13,15-17H,2,5,8-11H2,1H3. The number of halogens is 1. The molecular weight excluding hydrogens is 240 g/mol. The van der Waals surface area contributed by atoms with Gasteiger partial charge in [0.15, 0.2) is 0 Å². The number of hydrogen-bond donors (Lipinski definition) is 0. The quantitative estimate of drug-likeness (QED) is 0.641. The summed E-state index contributed by atoms with van der Waals surface area (Å²) in [5.41, 5.74) is 2.72. The number of benzene rings is 1. The fraction of sp³-hybridized carbons (Fsp3) is 0.647. The second-order valence-electron chi connectivity index (χ2n) is 6.23. The van der Waals surface area contributed by atoms with Gasteiger partial charge in [0.2, 0.25) is 0 Å². The molecule has 18 heavy (non-hydrogen) atoms. The Morgan fingerprint density at radius 3 is 2.50 bits per heavy atom. The van der Waals surface area contributed by atoms with Crippen LogP contribution in [-0.4, -0.2) is 0 Å². The van der Waals surface area contributed by atoms with E-state index in [0.29, 0.717) is 0 Å². The molecule has 1 aromatic carbocycles. The van der Waals surface area contributed by atoms with Crippen LogP contribution in [0.5, 0.6) is 0 Å². The van der Waals surface area contributed by atoms with E-state index in [0.717, 1.165) is 24.2 Å². The van der Waals surface area contributed by atoms with Crippen LogP contribution in [0, 0.1) is 17.8 Å². The molecule has 2 aliphatic rings. The van der Waals surface area contributed by atoms with Crippen LogP contribution >= 0.6 is 11.6 Å². The Morgan fingerprint density at radius 1 is 1.17 bits per heavy atom. The fourth-order valence-electron chi connectivity index (χ4n) is 4.03. The van der Waals surface area contributed by atoms with E-state index in [1.54, 1.807) is 0 Å². The van der Waals surface area contributed by atoms with Crippen molar-refractivity contribution in [2.75, 3.05) is 0 Å². The molecule has 0 nitrogen and oxygen atoms in total. The first kappa shape index (κ1) is 12.5. The van der Waals surface area contributed by atoms with Crippen LogP contribution in [0.25, 0.3) is 0 Å². The zero-order valence-corrected chi connectivity index (χ0v) is 12.0. The highest BCUT2D eigenvalue weighted by Crippen LogP contribution is 2.51. The molecule has 0 spiro atoms. The summed E-state index contributed by atoms with van der Waals surface area (Å²) < 4.78 is 0. The Bertz CT molecular complexity index is 395. The van der Waals surface area contributed by atoms with Gasteiger partial charge < -0.3 is 0 Å². The Balaban J connectivity index is 1.62. The lowest BCUT2D eigenvalue weighted by molar-refractivity contribution is 0.312. The molecular formula is C17H23Cl. The van der Waals surface area contributed by atoms with Gasteiger partial charge in [0.25, 0.3) is 0 Å². The van der Waals surface area contributed by atoms with Crippen molar-refractivity contribution in [3.8, 4) is 0 Å². The molecule has 0 radical (unpaired) electrons. The maximum Gasteiger partial charge on any atom is 0.0588 e. The molecule has 4 unspecified atom stereocenters. The molecule has 2 aliphatic carbocycles. The average molecular weight is 263 g/mol. The molecule has 0 amide bonds. The largest absolute Gasteiger partial charge is 0.118 e. The first-order valence-corrected chi connectivity index (χ1v) is 7.92.